The van der Waals surface area contributed by atoms with Crippen LogP contribution in [-0.4, -0.2) is 16.1 Å². The standard InChI is InChI=1S/C26H23FN2O2/c1-15-11-22(17(3)28-24-10-5-4-9-20(24)26(30)31)23-14-21(16(2)29-25(23)12-15)18-7-6-8-19(27)13-18/h4-14,17,28H,1-3H3,(H,30,31). The number of para-hydroxylation sites is 1. The molecule has 1 aromatic heterocycles. The van der Waals surface area contributed by atoms with Crippen LogP contribution in [0.5, 0.6) is 0 Å². The summed E-state index contributed by atoms with van der Waals surface area (Å²) >= 11 is 0. The van der Waals surface area contributed by atoms with Crippen LogP contribution in [0.1, 0.15) is 40.1 Å². The molecule has 2 N–H and O–H groups in total. The van der Waals surface area contributed by atoms with Gasteiger partial charge in [0.05, 0.1) is 11.1 Å². The van der Waals surface area contributed by atoms with Crippen molar-refractivity contribution in [2.24, 2.45) is 0 Å². The van der Waals surface area contributed by atoms with Crippen LogP contribution in [0.4, 0.5) is 10.1 Å². The first-order valence-electron chi connectivity index (χ1n) is 10.1. The number of carboxylic acid groups (broad SMARTS) is 1. The highest BCUT2D eigenvalue weighted by Crippen LogP contribution is 2.33. The molecule has 0 aliphatic carbocycles. The Bertz CT molecular complexity index is 1300. The molecule has 1 heterocycles. The summed E-state index contributed by atoms with van der Waals surface area (Å²) in [5.41, 5.74) is 6.17. The van der Waals surface area contributed by atoms with Gasteiger partial charge >= 0.3 is 5.97 Å². The Morgan fingerprint density at radius 1 is 1.03 bits per heavy atom. The highest BCUT2D eigenvalue weighted by molar-refractivity contribution is 5.94. The molecular weight excluding hydrogens is 391 g/mol. The van der Waals surface area contributed by atoms with Gasteiger partial charge in [-0.1, -0.05) is 30.3 Å². The smallest absolute Gasteiger partial charge is 0.337 e. The lowest BCUT2D eigenvalue weighted by Gasteiger charge is -2.20. The van der Waals surface area contributed by atoms with Gasteiger partial charge in [0, 0.05) is 28.4 Å². The second kappa shape index (κ2) is 8.19. The van der Waals surface area contributed by atoms with Crippen LogP contribution >= 0.6 is 0 Å². The number of benzene rings is 3. The quantitative estimate of drug-likeness (QED) is 0.390. The van der Waals surface area contributed by atoms with E-state index >= 15 is 0 Å². The maximum absolute atomic E-state index is 13.8. The van der Waals surface area contributed by atoms with Gasteiger partial charge in [-0.3, -0.25) is 4.98 Å². The number of fused-ring (bicyclic) bond motifs is 1. The molecule has 1 atom stereocenters. The number of anilines is 1. The van der Waals surface area contributed by atoms with Gasteiger partial charge < -0.3 is 10.4 Å². The van der Waals surface area contributed by atoms with E-state index in [0.717, 1.165) is 38.9 Å². The Labute approximate surface area is 180 Å². The molecule has 4 aromatic rings. The third-order valence-electron chi connectivity index (χ3n) is 5.43. The first-order chi connectivity index (χ1) is 14.8. The summed E-state index contributed by atoms with van der Waals surface area (Å²) in [4.78, 5) is 16.4. The number of hydrogen-bond donors (Lipinski definition) is 2. The van der Waals surface area contributed by atoms with Crippen molar-refractivity contribution in [2.75, 3.05) is 5.32 Å². The minimum absolute atomic E-state index is 0.173. The molecule has 4 nitrogen and oxygen atoms in total. The molecule has 0 amide bonds. The van der Waals surface area contributed by atoms with Crippen molar-refractivity contribution in [3.8, 4) is 11.1 Å². The average Bonchev–Trinajstić information content (AvgIpc) is 2.72. The lowest BCUT2D eigenvalue weighted by atomic mass is 9.95. The van der Waals surface area contributed by atoms with E-state index in [-0.39, 0.29) is 17.4 Å². The molecule has 0 saturated heterocycles. The van der Waals surface area contributed by atoms with Crippen molar-refractivity contribution in [3.63, 3.8) is 0 Å². The predicted octanol–water partition coefficient (Wildman–Crippen LogP) is 6.53. The highest BCUT2D eigenvalue weighted by Gasteiger charge is 2.17. The van der Waals surface area contributed by atoms with E-state index in [0.29, 0.717) is 5.69 Å². The zero-order chi connectivity index (χ0) is 22.1. The summed E-state index contributed by atoms with van der Waals surface area (Å²) < 4.78 is 13.8. The number of aromatic carboxylic acids is 1. The Morgan fingerprint density at radius 3 is 2.55 bits per heavy atom. The van der Waals surface area contributed by atoms with Crippen LogP contribution < -0.4 is 5.32 Å². The van der Waals surface area contributed by atoms with Crippen molar-refractivity contribution in [2.45, 2.75) is 26.8 Å². The van der Waals surface area contributed by atoms with Crippen molar-refractivity contribution in [1.82, 2.24) is 4.98 Å². The molecule has 1 unspecified atom stereocenters. The first kappa shape index (κ1) is 20.5. The van der Waals surface area contributed by atoms with Gasteiger partial charge in [0.15, 0.2) is 0 Å². The van der Waals surface area contributed by atoms with E-state index in [4.69, 9.17) is 4.98 Å². The maximum atomic E-state index is 13.8. The second-order valence-electron chi connectivity index (χ2n) is 7.77. The average molecular weight is 414 g/mol. The van der Waals surface area contributed by atoms with Gasteiger partial charge in [-0.25, -0.2) is 9.18 Å². The van der Waals surface area contributed by atoms with E-state index in [2.05, 4.69) is 11.4 Å². The normalized spacial score (nSPS) is 12.0. The van der Waals surface area contributed by atoms with Crippen LogP contribution in [0.15, 0.2) is 66.7 Å². The maximum Gasteiger partial charge on any atom is 0.337 e. The Morgan fingerprint density at radius 2 is 1.81 bits per heavy atom. The molecule has 0 saturated carbocycles. The fourth-order valence-corrected chi connectivity index (χ4v) is 3.96. The molecule has 0 aliphatic heterocycles. The summed E-state index contributed by atoms with van der Waals surface area (Å²) in [7, 11) is 0. The van der Waals surface area contributed by atoms with Gasteiger partial charge in [-0.05, 0) is 73.9 Å². The number of nitrogens with one attached hydrogen (secondary N) is 1. The van der Waals surface area contributed by atoms with Crippen molar-refractivity contribution in [3.05, 3.63) is 94.9 Å². The summed E-state index contributed by atoms with van der Waals surface area (Å²) in [5.74, 6) is -1.27. The third-order valence-corrected chi connectivity index (χ3v) is 5.43. The Balaban J connectivity index is 1.84. The third kappa shape index (κ3) is 4.12. The van der Waals surface area contributed by atoms with Crippen LogP contribution in [-0.2, 0) is 0 Å². The minimum atomic E-state index is -0.977. The summed E-state index contributed by atoms with van der Waals surface area (Å²) in [6.45, 7) is 5.93. The summed E-state index contributed by atoms with van der Waals surface area (Å²) in [6, 6.07) is 19.3. The van der Waals surface area contributed by atoms with Gasteiger partial charge in [0.25, 0.3) is 0 Å². The monoisotopic (exact) mass is 414 g/mol. The number of halogens is 1. The number of rotatable bonds is 5. The van der Waals surface area contributed by atoms with Gasteiger partial charge in [0.2, 0.25) is 0 Å². The zero-order valence-corrected chi connectivity index (χ0v) is 17.6. The van der Waals surface area contributed by atoms with Crippen LogP contribution in [0, 0.1) is 19.7 Å². The van der Waals surface area contributed by atoms with E-state index < -0.39 is 5.97 Å². The molecule has 4 rings (SSSR count). The lowest BCUT2D eigenvalue weighted by Crippen LogP contribution is -2.11. The topological polar surface area (TPSA) is 62.2 Å². The van der Waals surface area contributed by atoms with Crippen LogP contribution in [0.2, 0.25) is 0 Å². The van der Waals surface area contributed by atoms with E-state index in [1.165, 1.54) is 12.1 Å². The van der Waals surface area contributed by atoms with E-state index in [1.54, 1.807) is 24.3 Å². The summed E-state index contributed by atoms with van der Waals surface area (Å²) in [5, 5.41) is 13.8. The molecule has 0 radical (unpaired) electrons. The molecular formula is C26H23FN2O2. The van der Waals surface area contributed by atoms with Crippen LogP contribution in [0.25, 0.3) is 22.0 Å². The molecule has 0 bridgehead atoms. The number of aryl methyl sites for hydroxylation is 2. The summed E-state index contributed by atoms with van der Waals surface area (Å²) in [6.07, 6.45) is 0. The molecule has 156 valence electrons. The highest BCUT2D eigenvalue weighted by atomic mass is 19.1. The van der Waals surface area contributed by atoms with Crippen molar-refractivity contribution in [1.29, 1.82) is 0 Å². The van der Waals surface area contributed by atoms with Crippen molar-refractivity contribution >= 4 is 22.6 Å². The fraction of sp³-hybridized carbons (Fsp3) is 0.154. The molecule has 0 aliphatic rings. The Hall–Kier alpha value is -3.73. The number of carbonyl (C=O) groups is 1. The lowest BCUT2D eigenvalue weighted by molar-refractivity contribution is 0.0698. The number of aromatic nitrogens is 1. The molecule has 5 heteroatoms. The number of nitrogens with zero attached hydrogens (tertiary/aromatic N) is 1. The molecule has 31 heavy (non-hydrogen) atoms. The largest absolute Gasteiger partial charge is 0.478 e. The SMILES string of the molecule is Cc1cc(C(C)Nc2ccccc2C(=O)O)c2cc(-c3cccc(F)c3)c(C)nc2c1. The molecule has 0 fully saturated rings. The van der Waals surface area contributed by atoms with Gasteiger partial charge in [0.1, 0.15) is 5.82 Å². The molecule has 0 spiro atoms. The van der Waals surface area contributed by atoms with Crippen LogP contribution in [0.3, 0.4) is 0 Å². The fourth-order valence-electron chi connectivity index (χ4n) is 3.96. The van der Waals surface area contributed by atoms with Gasteiger partial charge in [-0.2, -0.15) is 0 Å². The number of pyridine rings is 1. The number of hydrogen-bond acceptors (Lipinski definition) is 3. The molecule has 3 aromatic carbocycles. The zero-order valence-electron chi connectivity index (χ0n) is 17.6. The second-order valence-corrected chi connectivity index (χ2v) is 7.77. The van der Waals surface area contributed by atoms with E-state index in [1.807, 2.05) is 45.0 Å². The first-order valence-corrected chi connectivity index (χ1v) is 10.1. The van der Waals surface area contributed by atoms with Crippen molar-refractivity contribution < 1.29 is 14.3 Å². The van der Waals surface area contributed by atoms with Gasteiger partial charge in [-0.15, -0.1) is 0 Å². The van der Waals surface area contributed by atoms with E-state index in [9.17, 15) is 14.3 Å². The minimum Gasteiger partial charge on any atom is -0.478 e. The number of carboxylic acids is 1. The predicted molar refractivity (Wildman–Crippen MR) is 122 cm³/mol. The Kier molecular flexibility index (Phi) is 5.42.